The van der Waals surface area contributed by atoms with E-state index in [1.54, 1.807) is 0 Å². The summed E-state index contributed by atoms with van der Waals surface area (Å²) in [5.74, 6) is 0. The van der Waals surface area contributed by atoms with E-state index in [0.717, 1.165) is 18.2 Å². The van der Waals surface area contributed by atoms with Crippen molar-refractivity contribution in [3.8, 4) is 0 Å². The van der Waals surface area contributed by atoms with Gasteiger partial charge in [0, 0.05) is 4.47 Å². The maximum Gasteiger partial charge on any atom is 0.402 e. The quantitative estimate of drug-likeness (QED) is 0.666. The summed E-state index contributed by atoms with van der Waals surface area (Å²) in [5, 5.41) is 4.87. The molecule has 0 bridgehead atoms. The van der Waals surface area contributed by atoms with Crippen LogP contribution in [0.25, 0.3) is 0 Å². The van der Waals surface area contributed by atoms with E-state index < -0.39 is 33.0 Å². The lowest BCUT2D eigenvalue weighted by molar-refractivity contribution is -0.121. The van der Waals surface area contributed by atoms with Crippen LogP contribution in [0.2, 0.25) is 0 Å². The molecule has 1 rings (SSSR count). The van der Waals surface area contributed by atoms with E-state index in [4.69, 9.17) is 5.14 Å². The molecule has 0 heterocycles. The molecule has 13 heteroatoms. The third kappa shape index (κ3) is 6.17. The zero-order chi connectivity index (χ0) is 16.5. The van der Waals surface area contributed by atoms with Gasteiger partial charge >= 0.3 is 6.18 Å². The number of benzene rings is 1. The molecule has 21 heavy (non-hydrogen) atoms. The Hall–Kier alpha value is -0.890. The van der Waals surface area contributed by atoms with Crippen LogP contribution in [0.5, 0.6) is 0 Å². The van der Waals surface area contributed by atoms with Gasteiger partial charge in [-0.25, -0.2) is 13.6 Å². The molecule has 0 aliphatic heterocycles. The molecule has 120 valence electrons. The van der Waals surface area contributed by atoms with Gasteiger partial charge < -0.3 is 0 Å². The Labute approximate surface area is 127 Å². The predicted molar refractivity (Wildman–Crippen MR) is 72.1 cm³/mol. The van der Waals surface area contributed by atoms with Gasteiger partial charge in [0.15, 0.2) is 0 Å². The zero-order valence-corrected chi connectivity index (χ0v) is 13.2. The van der Waals surface area contributed by atoms with Crippen LogP contribution < -0.4 is 14.6 Å². The number of hydrogen-bond acceptors (Lipinski definition) is 4. The van der Waals surface area contributed by atoms with Crippen molar-refractivity contribution in [2.24, 2.45) is 5.14 Å². The highest BCUT2D eigenvalue weighted by Gasteiger charge is 2.29. The molecule has 0 aromatic heterocycles. The largest absolute Gasteiger partial charge is 0.402 e. The van der Waals surface area contributed by atoms with Crippen molar-refractivity contribution in [2.75, 3.05) is 11.3 Å². The number of nitrogens with one attached hydrogen (secondary N) is 2. The average molecular weight is 412 g/mol. The molecule has 7 nitrogen and oxygen atoms in total. The topological polar surface area (TPSA) is 118 Å². The second-order valence-electron chi connectivity index (χ2n) is 3.73. The predicted octanol–water partition coefficient (Wildman–Crippen LogP) is 0.905. The molecule has 0 spiro atoms. The summed E-state index contributed by atoms with van der Waals surface area (Å²) in [6.45, 7) is -1.74. The Morgan fingerprint density at radius 1 is 1.19 bits per heavy atom. The lowest BCUT2D eigenvalue weighted by Gasteiger charge is -2.12. The molecule has 0 unspecified atom stereocenters. The maximum absolute atomic E-state index is 11.9. The van der Waals surface area contributed by atoms with Crippen LogP contribution in [-0.4, -0.2) is 29.6 Å². The van der Waals surface area contributed by atoms with Crippen molar-refractivity contribution in [1.82, 2.24) is 4.72 Å². The van der Waals surface area contributed by atoms with Crippen LogP contribution >= 0.6 is 15.9 Å². The fourth-order valence-corrected chi connectivity index (χ4v) is 3.31. The minimum absolute atomic E-state index is 0.00795. The first-order valence-corrected chi connectivity index (χ1v) is 8.79. The van der Waals surface area contributed by atoms with Gasteiger partial charge in [0.2, 0.25) is 10.0 Å². The standard InChI is InChI=1S/C8H9BrF3N3O4S2/c9-6-3-5(20(13,16)17)1-2-7(6)15-21(18,19)14-4-8(10,11)12/h1-3,14-15H,4H2,(H2,13,16,17). The molecule has 0 aliphatic carbocycles. The molecule has 4 N–H and O–H groups in total. The van der Waals surface area contributed by atoms with E-state index >= 15 is 0 Å². The number of nitrogens with two attached hydrogens (primary N) is 1. The van der Waals surface area contributed by atoms with Crippen LogP contribution in [0.3, 0.4) is 0 Å². The van der Waals surface area contributed by atoms with Gasteiger partial charge in [0.1, 0.15) is 6.54 Å². The van der Waals surface area contributed by atoms with Crippen molar-refractivity contribution in [3.63, 3.8) is 0 Å². The molecule has 1 aromatic rings. The van der Waals surface area contributed by atoms with Crippen LogP contribution in [0.15, 0.2) is 27.6 Å². The molecule has 0 amide bonds. The third-order valence-corrected chi connectivity index (χ3v) is 4.56. The summed E-state index contributed by atoms with van der Waals surface area (Å²) in [4.78, 5) is -0.291. The lowest BCUT2D eigenvalue weighted by Crippen LogP contribution is -2.37. The molecule has 0 saturated carbocycles. The van der Waals surface area contributed by atoms with E-state index in [-0.39, 0.29) is 15.1 Å². The van der Waals surface area contributed by atoms with Crippen molar-refractivity contribution in [2.45, 2.75) is 11.1 Å². The minimum Gasteiger partial charge on any atom is -0.270 e. The van der Waals surface area contributed by atoms with Gasteiger partial charge in [0.25, 0.3) is 10.2 Å². The molecule has 0 aliphatic rings. The first kappa shape index (κ1) is 18.2. The maximum atomic E-state index is 11.9. The fraction of sp³-hybridized carbons (Fsp3) is 0.250. The van der Waals surface area contributed by atoms with Gasteiger partial charge in [-0.05, 0) is 34.1 Å². The van der Waals surface area contributed by atoms with E-state index in [9.17, 15) is 30.0 Å². The monoisotopic (exact) mass is 411 g/mol. The van der Waals surface area contributed by atoms with Gasteiger partial charge in [-0.1, -0.05) is 0 Å². The molecule has 0 fully saturated rings. The lowest BCUT2D eigenvalue weighted by atomic mass is 10.3. The summed E-state index contributed by atoms with van der Waals surface area (Å²) >= 11 is 2.89. The van der Waals surface area contributed by atoms with E-state index in [0.29, 0.717) is 0 Å². The van der Waals surface area contributed by atoms with Crippen molar-refractivity contribution in [3.05, 3.63) is 22.7 Å². The molecule has 0 saturated heterocycles. The summed E-state index contributed by atoms with van der Waals surface area (Å²) in [6.07, 6.45) is -4.70. The number of anilines is 1. The first-order valence-electron chi connectivity index (χ1n) is 4.97. The number of primary sulfonamides is 1. The highest BCUT2D eigenvalue weighted by atomic mass is 79.9. The Balaban J connectivity index is 2.94. The van der Waals surface area contributed by atoms with Gasteiger partial charge in [-0.3, -0.25) is 4.72 Å². The smallest absolute Gasteiger partial charge is 0.270 e. The van der Waals surface area contributed by atoms with Gasteiger partial charge in [-0.15, -0.1) is 0 Å². The number of alkyl halides is 3. The number of rotatable bonds is 5. The van der Waals surface area contributed by atoms with Crippen LogP contribution in [-0.2, 0) is 20.2 Å². The van der Waals surface area contributed by atoms with E-state index in [2.05, 4.69) is 15.9 Å². The fourth-order valence-electron chi connectivity index (χ4n) is 1.11. The van der Waals surface area contributed by atoms with Crippen LogP contribution in [0, 0.1) is 0 Å². The van der Waals surface area contributed by atoms with Crippen LogP contribution in [0.1, 0.15) is 0 Å². The highest BCUT2D eigenvalue weighted by Crippen LogP contribution is 2.26. The highest BCUT2D eigenvalue weighted by molar-refractivity contribution is 9.10. The third-order valence-electron chi connectivity index (χ3n) is 1.98. The molecule has 0 radical (unpaired) electrons. The SMILES string of the molecule is NS(=O)(=O)c1ccc(NS(=O)(=O)NCC(F)(F)F)c(Br)c1. The van der Waals surface area contributed by atoms with Crippen molar-refractivity contribution in [1.29, 1.82) is 0 Å². The minimum atomic E-state index is -4.70. The summed E-state index contributed by atoms with van der Waals surface area (Å²) in [5.41, 5.74) is -0.155. The van der Waals surface area contributed by atoms with E-state index in [1.165, 1.54) is 4.72 Å². The van der Waals surface area contributed by atoms with Gasteiger partial charge in [-0.2, -0.15) is 26.3 Å². The Bertz CT molecular complexity index is 734. The Morgan fingerprint density at radius 2 is 1.76 bits per heavy atom. The first-order chi connectivity index (χ1) is 9.30. The Morgan fingerprint density at radius 3 is 2.19 bits per heavy atom. The van der Waals surface area contributed by atoms with Crippen LogP contribution in [0.4, 0.5) is 18.9 Å². The van der Waals surface area contributed by atoms with Crippen molar-refractivity contribution < 1.29 is 30.0 Å². The van der Waals surface area contributed by atoms with Gasteiger partial charge in [0.05, 0.1) is 10.6 Å². The average Bonchev–Trinajstić information content (AvgIpc) is 2.27. The molecule has 1 aromatic carbocycles. The second-order valence-corrected chi connectivity index (χ2v) is 7.64. The van der Waals surface area contributed by atoms with E-state index in [1.807, 2.05) is 4.72 Å². The summed E-state index contributed by atoms with van der Waals surface area (Å²) in [6, 6.07) is 3.05. The Kier molecular flexibility index (Phi) is 5.26. The molecular formula is C8H9BrF3N3O4S2. The molecule has 0 atom stereocenters. The number of sulfonamides is 1. The number of hydrogen-bond donors (Lipinski definition) is 3. The second kappa shape index (κ2) is 6.08. The zero-order valence-electron chi connectivity index (χ0n) is 9.98. The number of halogens is 4. The van der Waals surface area contributed by atoms with Crippen molar-refractivity contribution >= 4 is 41.8 Å². The summed E-state index contributed by atoms with van der Waals surface area (Å²) < 4.78 is 83.9. The molecular weight excluding hydrogens is 403 g/mol. The normalized spacial score (nSPS) is 13.2. The summed E-state index contributed by atoms with van der Waals surface area (Å²) in [7, 11) is -8.46.